The Morgan fingerprint density at radius 1 is 1.00 bits per heavy atom. The number of carbonyl (C=O) groups is 2. The number of ketones is 1. The molecule has 0 saturated carbocycles. The second-order valence-electron chi connectivity index (χ2n) is 6.17. The Balaban J connectivity index is 1.54. The van der Waals surface area contributed by atoms with Gasteiger partial charge >= 0.3 is 0 Å². The Bertz CT molecular complexity index is 767. The van der Waals surface area contributed by atoms with E-state index in [1.54, 1.807) is 24.3 Å². The van der Waals surface area contributed by atoms with E-state index in [1.807, 2.05) is 18.2 Å². The molecule has 0 aliphatic heterocycles. The van der Waals surface area contributed by atoms with Gasteiger partial charge in [-0.25, -0.2) is 0 Å². The van der Waals surface area contributed by atoms with Crippen LogP contribution in [0.5, 0.6) is 0 Å². The van der Waals surface area contributed by atoms with Crippen molar-refractivity contribution in [3.8, 4) is 0 Å². The summed E-state index contributed by atoms with van der Waals surface area (Å²) in [6, 6.07) is 12.9. The number of fused-ring (bicyclic) bond motifs is 1. The molecule has 0 spiro atoms. The average Bonchev–Trinajstić information content (AvgIpc) is 3.07. The molecule has 4 heteroatoms. The fourth-order valence-electron chi connectivity index (χ4n) is 3.09. The maximum absolute atomic E-state index is 12.3. The van der Waals surface area contributed by atoms with Gasteiger partial charge in [0.05, 0.1) is 6.61 Å². The molecule has 2 aromatic rings. The van der Waals surface area contributed by atoms with Gasteiger partial charge in [-0.05, 0) is 54.2 Å². The van der Waals surface area contributed by atoms with E-state index in [-0.39, 0.29) is 31.1 Å². The van der Waals surface area contributed by atoms with Gasteiger partial charge in [0, 0.05) is 24.1 Å². The largest absolute Gasteiger partial charge is 0.392 e. The molecule has 1 aliphatic rings. The zero-order chi connectivity index (χ0) is 16.9. The highest BCUT2D eigenvalue weighted by atomic mass is 16.3. The van der Waals surface area contributed by atoms with Gasteiger partial charge in [-0.1, -0.05) is 24.3 Å². The standard InChI is InChI=1S/C20H21NO3/c22-13-14-3-1-6-18(11-14)21-20(24)10-9-19(23)17-8-7-15-4-2-5-16(15)12-17/h1,3,6-8,11-12,22H,2,4-5,9-10,13H2,(H,21,24). The molecular weight excluding hydrogens is 302 g/mol. The van der Waals surface area contributed by atoms with Crippen molar-refractivity contribution < 1.29 is 14.7 Å². The molecule has 1 aliphatic carbocycles. The summed E-state index contributed by atoms with van der Waals surface area (Å²) in [5, 5.41) is 11.9. The lowest BCUT2D eigenvalue weighted by molar-refractivity contribution is -0.116. The van der Waals surface area contributed by atoms with Crippen molar-refractivity contribution in [1.82, 2.24) is 0 Å². The van der Waals surface area contributed by atoms with Gasteiger partial charge in [0.2, 0.25) is 5.91 Å². The van der Waals surface area contributed by atoms with Crippen molar-refractivity contribution in [2.75, 3.05) is 5.32 Å². The van der Waals surface area contributed by atoms with Crippen LogP contribution in [0.25, 0.3) is 0 Å². The number of aliphatic hydroxyl groups is 1. The fraction of sp³-hybridized carbons (Fsp3) is 0.300. The second kappa shape index (κ2) is 7.41. The summed E-state index contributed by atoms with van der Waals surface area (Å²) < 4.78 is 0. The maximum atomic E-state index is 12.3. The van der Waals surface area contributed by atoms with Crippen LogP contribution in [0.3, 0.4) is 0 Å². The van der Waals surface area contributed by atoms with Crippen molar-refractivity contribution in [3.63, 3.8) is 0 Å². The predicted octanol–water partition coefficient (Wildman–Crippen LogP) is 3.27. The number of Topliss-reactive ketones (excluding diaryl/α,β-unsaturated/α-hetero) is 1. The first kappa shape index (κ1) is 16.4. The molecule has 0 aromatic heterocycles. The number of hydrogen-bond donors (Lipinski definition) is 2. The number of aryl methyl sites for hydroxylation is 2. The maximum Gasteiger partial charge on any atom is 0.224 e. The Hall–Kier alpha value is -2.46. The van der Waals surface area contributed by atoms with Crippen LogP contribution >= 0.6 is 0 Å². The molecule has 0 unspecified atom stereocenters. The van der Waals surface area contributed by atoms with E-state index in [0.717, 1.165) is 24.8 Å². The molecule has 2 N–H and O–H groups in total. The van der Waals surface area contributed by atoms with E-state index >= 15 is 0 Å². The highest BCUT2D eigenvalue weighted by Gasteiger charge is 2.15. The van der Waals surface area contributed by atoms with Gasteiger partial charge in [-0.3, -0.25) is 9.59 Å². The Labute approximate surface area is 141 Å². The lowest BCUT2D eigenvalue weighted by Crippen LogP contribution is -2.13. The highest BCUT2D eigenvalue weighted by Crippen LogP contribution is 2.23. The molecule has 1 amide bonds. The van der Waals surface area contributed by atoms with Crippen LogP contribution in [0.4, 0.5) is 5.69 Å². The van der Waals surface area contributed by atoms with E-state index in [9.17, 15) is 9.59 Å². The molecule has 0 radical (unpaired) electrons. The minimum Gasteiger partial charge on any atom is -0.392 e. The summed E-state index contributed by atoms with van der Waals surface area (Å²) in [5.74, 6) is -0.191. The Morgan fingerprint density at radius 3 is 2.67 bits per heavy atom. The number of rotatable bonds is 6. The second-order valence-corrected chi connectivity index (χ2v) is 6.17. The van der Waals surface area contributed by atoms with Crippen LogP contribution in [0, 0.1) is 0 Å². The monoisotopic (exact) mass is 323 g/mol. The molecule has 0 saturated heterocycles. The highest BCUT2D eigenvalue weighted by molar-refractivity contribution is 6.00. The van der Waals surface area contributed by atoms with E-state index in [2.05, 4.69) is 5.32 Å². The summed E-state index contributed by atoms with van der Waals surface area (Å²) in [6.45, 7) is -0.0689. The van der Waals surface area contributed by atoms with Crippen LogP contribution in [-0.2, 0) is 24.2 Å². The zero-order valence-electron chi connectivity index (χ0n) is 13.5. The summed E-state index contributed by atoms with van der Waals surface area (Å²) in [7, 11) is 0. The summed E-state index contributed by atoms with van der Waals surface area (Å²) in [4.78, 5) is 24.3. The van der Waals surface area contributed by atoms with E-state index in [0.29, 0.717) is 11.3 Å². The van der Waals surface area contributed by atoms with E-state index in [1.165, 1.54) is 11.1 Å². The van der Waals surface area contributed by atoms with Gasteiger partial charge in [-0.2, -0.15) is 0 Å². The summed E-state index contributed by atoms with van der Waals surface area (Å²) >= 11 is 0. The number of anilines is 1. The number of amides is 1. The number of carbonyl (C=O) groups excluding carboxylic acids is 2. The van der Waals surface area contributed by atoms with Crippen LogP contribution in [0.15, 0.2) is 42.5 Å². The van der Waals surface area contributed by atoms with Gasteiger partial charge in [0.1, 0.15) is 0 Å². The third kappa shape index (κ3) is 3.89. The topological polar surface area (TPSA) is 66.4 Å². The van der Waals surface area contributed by atoms with Crippen molar-refractivity contribution in [2.24, 2.45) is 0 Å². The average molecular weight is 323 g/mol. The van der Waals surface area contributed by atoms with Crippen molar-refractivity contribution in [1.29, 1.82) is 0 Å². The van der Waals surface area contributed by atoms with Gasteiger partial charge < -0.3 is 10.4 Å². The SMILES string of the molecule is O=C(CCC(=O)c1ccc2c(c1)CCC2)Nc1cccc(CO)c1. The minimum atomic E-state index is -0.195. The number of benzene rings is 2. The fourth-order valence-corrected chi connectivity index (χ4v) is 3.09. The van der Waals surface area contributed by atoms with Crippen molar-refractivity contribution in [2.45, 2.75) is 38.7 Å². The first-order chi connectivity index (χ1) is 11.7. The Morgan fingerprint density at radius 2 is 1.83 bits per heavy atom. The lowest BCUT2D eigenvalue weighted by Gasteiger charge is -2.07. The molecule has 124 valence electrons. The number of hydrogen-bond acceptors (Lipinski definition) is 3. The molecule has 0 atom stereocenters. The minimum absolute atomic E-state index is 0.00367. The number of aliphatic hydroxyl groups excluding tert-OH is 1. The van der Waals surface area contributed by atoms with Gasteiger partial charge in [0.15, 0.2) is 5.78 Å². The molecule has 0 heterocycles. The first-order valence-electron chi connectivity index (χ1n) is 8.30. The van der Waals surface area contributed by atoms with Crippen molar-refractivity contribution >= 4 is 17.4 Å². The molecule has 4 nitrogen and oxygen atoms in total. The third-order valence-electron chi connectivity index (χ3n) is 4.39. The molecule has 24 heavy (non-hydrogen) atoms. The van der Waals surface area contributed by atoms with Crippen LogP contribution in [-0.4, -0.2) is 16.8 Å². The summed E-state index contributed by atoms with van der Waals surface area (Å²) in [5.41, 5.74) is 4.68. The normalized spacial score (nSPS) is 12.7. The molecule has 0 fully saturated rings. The third-order valence-corrected chi connectivity index (χ3v) is 4.39. The van der Waals surface area contributed by atoms with Crippen LogP contribution in [0.2, 0.25) is 0 Å². The lowest BCUT2D eigenvalue weighted by atomic mass is 10.0. The predicted molar refractivity (Wildman–Crippen MR) is 93.0 cm³/mol. The van der Waals surface area contributed by atoms with Crippen LogP contribution < -0.4 is 5.32 Å². The molecular formula is C20H21NO3. The zero-order valence-corrected chi connectivity index (χ0v) is 13.5. The van der Waals surface area contributed by atoms with E-state index < -0.39 is 0 Å². The van der Waals surface area contributed by atoms with Crippen molar-refractivity contribution in [3.05, 3.63) is 64.7 Å². The van der Waals surface area contributed by atoms with Gasteiger partial charge in [0.25, 0.3) is 0 Å². The van der Waals surface area contributed by atoms with Gasteiger partial charge in [-0.15, -0.1) is 0 Å². The Kier molecular flexibility index (Phi) is 5.06. The smallest absolute Gasteiger partial charge is 0.224 e. The molecule has 0 bridgehead atoms. The molecule has 3 rings (SSSR count). The quantitative estimate of drug-likeness (QED) is 0.802. The van der Waals surface area contributed by atoms with E-state index in [4.69, 9.17) is 5.11 Å². The summed E-state index contributed by atoms with van der Waals surface area (Å²) in [6.07, 6.45) is 3.64. The number of nitrogens with one attached hydrogen (secondary N) is 1. The first-order valence-corrected chi connectivity index (χ1v) is 8.30. The molecule has 2 aromatic carbocycles. The van der Waals surface area contributed by atoms with Crippen LogP contribution in [0.1, 0.15) is 46.3 Å².